The first kappa shape index (κ1) is 105. The lowest BCUT2D eigenvalue weighted by Crippen LogP contribution is -2.41. The number of rotatable bonds is 82. The molecule has 0 aromatic rings. The number of carbonyl (C=O) groups excluding carboxylic acids is 6. The molecular formula is C85H158N4O18P2. The van der Waals surface area contributed by atoms with E-state index in [9.17, 15) is 47.7 Å². The minimum absolute atomic E-state index is 0.0638. The van der Waals surface area contributed by atoms with E-state index in [-0.39, 0.29) is 88.3 Å². The van der Waals surface area contributed by atoms with E-state index in [0.29, 0.717) is 64.2 Å². The monoisotopic (exact) mass is 1590 g/mol. The maximum Gasteiger partial charge on any atom is 0.472 e. The third-order valence-electron chi connectivity index (χ3n) is 18.6. The van der Waals surface area contributed by atoms with E-state index in [0.717, 1.165) is 141 Å². The van der Waals surface area contributed by atoms with Crippen LogP contribution in [-0.4, -0.2) is 136 Å². The molecule has 0 fully saturated rings. The fourth-order valence-corrected chi connectivity index (χ4v) is 13.5. The van der Waals surface area contributed by atoms with Crippen LogP contribution in [-0.2, 0) is 74.9 Å². The molecule has 0 radical (unpaired) electrons. The third kappa shape index (κ3) is 75.1. The van der Waals surface area contributed by atoms with Gasteiger partial charge in [-0.1, -0.05) is 231 Å². The highest BCUT2D eigenvalue weighted by molar-refractivity contribution is 7.47. The van der Waals surface area contributed by atoms with E-state index in [1.165, 1.54) is 103 Å². The van der Waals surface area contributed by atoms with Crippen molar-refractivity contribution in [2.24, 2.45) is 0 Å². The van der Waals surface area contributed by atoms with Crippen LogP contribution in [0.15, 0.2) is 48.6 Å². The smallest absolute Gasteiger partial charge is 0.462 e. The lowest BCUT2D eigenvalue weighted by Gasteiger charge is -2.22. The predicted octanol–water partition coefficient (Wildman–Crippen LogP) is 20.6. The lowest BCUT2D eigenvalue weighted by molar-refractivity contribution is -0.151. The Kier molecular flexibility index (Phi) is 74.9. The Morgan fingerprint density at radius 2 is 0.596 bits per heavy atom. The SMILES string of the molecule is CCCCCCC=CCCCCCC(=O)NC(COCCC(CCCCCCC)OC(=O)CCCC=CCCCCCC)COP(=O)(O)OCCNC(=O)CC(=O)NCCOP(=O)(O)OCC(COCC[C@@H](CCCCCCC)OC(=O)CCCC=CCCCCCC)NC(=O)CCCCCC=CCCCCCC. The first-order chi connectivity index (χ1) is 52.9. The van der Waals surface area contributed by atoms with Crippen molar-refractivity contribution in [2.45, 2.75) is 393 Å². The van der Waals surface area contributed by atoms with Crippen LogP contribution in [0.3, 0.4) is 0 Å². The van der Waals surface area contributed by atoms with Gasteiger partial charge in [0, 0.05) is 51.6 Å². The topological polar surface area (TPSA) is 299 Å². The molecule has 0 aromatic heterocycles. The number of hydrogen-bond donors (Lipinski definition) is 6. The number of unbranched alkanes of at least 4 members (excludes halogenated alkanes) is 32. The summed E-state index contributed by atoms with van der Waals surface area (Å²) >= 11 is 0. The summed E-state index contributed by atoms with van der Waals surface area (Å²) < 4.78 is 71.3. The van der Waals surface area contributed by atoms with Gasteiger partial charge in [-0.25, -0.2) is 9.13 Å². The highest BCUT2D eigenvalue weighted by Crippen LogP contribution is 2.44. The molecule has 0 bridgehead atoms. The third-order valence-corrected chi connectivity index (χ3v) is 20.5. The molecule has 109 heavy (non-hydrogen) atoms. The first-order valence-corrected chi connectivity index (χ1v) is 46.4. The number of hydrogen-bond acceptors (Lipinski definition) is 16. The van der Waals surface area contributed by atoms with Crippen LogP contribution >= 0.6 is 15.6 Å². The van der Waals surface area contributed by atoms with Gasteiger partial charge >= 0.3 is 27.6 Å². The normalized spacial score (nSPS) is 14.1. The van der Waals surface area contributed by atoms with Gasteiger partial charge in [-0.15, -0.1) is 0 Å². The lowest BCUT2D eigenvalue weighted by atomic mass is 10.1. The summed E-state index contributed by atoms with van der Waals surface area (Å²) in [6.45, 7) is 11.0. The van der Waals surface area contributed by atoms with Crippen molar-refractivity contribution in [3.8, 4) is 0 Å². The van der Waals surface area contributed by atoms with Gasteiger partial charge in [0.05, 0.1) is 64.9 Å². The molecule has 22 nitrogen and oxygen atoms in total. The van der Waals surface area contributed by atoms with Gasteiger partial charge in [-0.2, -0.15) is 0 Å². The summed E-state index contributed by atoms with van der Waals surface area (Å²) in [5, 5.41) is 10.7. The second-order valence-electron chi connectivity index (χ2n) is 29.2. The average Bonchev–Trinajstić information content (AvgIpc) is 0.927. The number of allylic oxidation sites excluding steroid dienone is 8. The molecule has 0 aromatic carbocycles. The zero-order chi connectivity index (χ0) is 80.0. The van der Waals surface area contributed by atoms with Gasteiger partial charge < -0.3 is 50.0 Å². The average molecular weight is 1590 g/mol. The molecule has 0 aliphatic heterocycles. The van der Waals surface area contributed by atoms with Crippen LogP contribution in [0.25, 0.3) is 0 Å². The van der Waals surface area contributed by atoms with Crippen molar-refractivity contribution in [1.82, 2.24) is 21.3 Å². The van der Waals surface area contributed by atoms with Crippen molar-refractivity contribution in [3.63, 3.8) is 0 Å². The maximum absolute atomic E-state index is 13.3. The Morgan fingerprint density at radius 3 is 0.908 bits per heavy atom. The number of phosphoric acid groups is 2. The van der Waals surface area contributed by atoms with Crippen LogP contribution in [0.5, 0.6) is 0 Å². The molecule has 0 saturated carbocycles. The summed E-state index contributed by atoms with van der Waals surface area (Å²) in [5.74, 6) is -2.51. The van der Waals surface area contributed by atoms with E-state index in [1.807, 2.05) is 0 Å². The van der Waals surface area contributed by atoms with Crippen molar-refractivity contribution in [2.75, 3.05) is 65.9 Å². The quantitative estimate of drug-likeness (QED) is 0.0108. The summed E-state index contributed by atoms with van der Waals surface area (Å²) in [6, 6.07) is -1.68. The standard InChI is InChI=1S/C85H158N4O18P2/c1-7-13-19-25-29-33-35-39-41-47-53-59-80(90)88-76(72-100-67-63-78(57-51-45-23-17-11-5)106-84(94)61-55-49-43-37-31-27-21-15-9-3)74-104-108(96,97)102-69-65-86-82(92)71-83(93)87-66-70-103-109(98,99)105-75-77(89-81(91)60-54-48-42-40-36-34-30-26-20-14-8-2)73-101-68-64-79(58-52-46-24-18-12-6)107-85(95)62-56-50-44-38-32-28-22-16-10-4/h33-38,43-44,76-79H,7-32,39-42,45-75H2,1-6H3,(H,86,92)(H,87,93)(H,88,90)(H,89,91)(H,96,97)(H,98,99)/t76?,77?,78-,79?/m1/s1. The fourth-order valence-electron chi connectivity index (χ4n) is 12.0. The van der Waals surface area contributed by atoms with Gasteiger partial charge in [0.15, 0.2) is 0 Å². The van der Waals surface area contributed by atoms with Gasteiger partial charge in [0.2, 0.25) is 23.6 Å². The van der Waals surface area contributed by atoms with Crippen LogP contribution in [0.4, 0.5) is 0 Å². The van der Waals surface area contributed by atoms with Gasteiger partial charge in [0.25, 0.3) is 0 Å². The van der Waals surface area contributed by atoms with Crippen molar-refractivity contribution >= 4 is 51.2 Å². The molecule has 6 N–H and O–H groups in total. The second-order valence-corrected chi connectivity index (χ2v) is 32.1. The molecule has 4 amide bonds. The molecule has 24 heteroatoms. The van der Waals surface area contributed by atoms with Crippen LogP contribution < -0.4 is 21.3 Å². The Balaban J connectivity index is 5.57. The van der Waals surface area contributed by atoms with Crippen LogP contribution in [0.2, 0.25) is 0 Å². The van der Waals surface area contributed by atoms with Crippen molar-refractivity contribution < 1.29 is 84.7 Å². The second kappa shape index (κ2) is 77.8. The Morgan fingerprint density at radius 1 is 0.312 bits per heavy atom. The minimum Gasteiger partial charge on any atom is -0.462 e. The summed E-state index contributed by atoms with van der Waals surface area (Å²) in [6.07, 6.45) is 63.7. The van der Waals surface area contributed by atoms with Crippen LogP contribution in [0.1, 0.15) is 369 Å². The highest BCUT2D eigenvalue weighted by Gasteiger charge is 2.27. The number of esters is 2. The minimum atomic E-state index is -4.74. The summed E-state index contributed by atoms with van der Waals surface area (Å²) in [5.41, 5.74) is 0. The summed E-state index contributed by atoms with van der Waals surface area (Å²) in [4.78, 5) is 99.4. The molecular weight excluding hydrogens is 1430 g/mol. The molecule has 636 valence electrons. The van der Waals surface area contributed by atoms with Gasteiger partial charge in [-0.05, 0) is 141 Å². The fraction of sp³-hybridized carbons (Fsp3) is 0.835. The molecule has 0 heterocycles. The zero-order valence-electron chi connectivity index (χ0n) is 69.4. The van der Waals surface area contributed by atoms with E-state index >= 15 is 0 Å². The number of ether oxygens (including phenoxy) is 4. The molecule has 0 aliphatic carbocycles. The first-order valence-electron chi connectivity index (χ1n) is 43.4. The van der Waals surface area contributed by atoms with Gasteiger partial charge in [0.1, 0.15) is 18.6 Å². The molecule has 0 spiro atoms. The Bertz CT molecular complexity index is 2260. The van der Waals surface area contributed by atoms with E-state index < -0.39 is 72.4 Å². The Labute approximate surface area is 661 Å². The Hall–Kier alpha value is -4.08. The molecule has 0 aliphatic rings. The number of phosphoric ester groups is 2. The molecule has 0 saturated heterocycles. The van der Waals surface area contributed by atoms with E-state index in [4.69, 9.17) is 37.0 Å². The largest absolute Gasteiger partial charge is 0.472 e. The maximum atomic E-state index is 13.3. The van der Waals surface area contributed by atoms with Crippen LogP contribution in [0, 0.1) is 0 Å². The molecule has 5 unspecified atom stereocenters. The summed E-state index contributed by atoms with van der Waals surface area (Å²) in [7, 11) is -9.49. The highest BCUT2D eigenvalue weighted by atomic mass is 31.2. The number of amides is 4. The number of nitrogens with one attached hydrogen (secondary N) is 4. The zero-order valence-corrected chi connectivity index (χ0v) is 71.2. The molecule has 6 atom stereocenters. The van der Waals surface area contributed by atoms with E-state index in [1.54, 1.807) is 0 Å². The van der Waals surface area contributed by atoms with Crippen molar-refractivity contribution in [3.05, 3.63) is 48.6 Å². The van der Waals surface area contributed by atoms with Gasteiger partial charge in [-0.3, -0.25) is 46.9 Å². The predicted molar refractivity (Wildman–Crippen MR) is 441 cm³/mol. The number of carbonyl (C=O) groups is 6. The van der Waals surface area contributed by atoms with E-state index in [2.05, 4.69) is 111 Å². The van der Waals surface area contributed by atoms with Crippen molar-refractivity contribution in [1.29, 1.82) is 0 Å². The molecule has 0 rings (SSSR count).